The SMILES string of the molecule is NC(=O)C1=C(O)[C@@]2(O)C(=O)C3=C(O)c4c(O)c(CNC(=O)C5CCCO5)cc(-c5ccc(F)cc5)c4C[C@H]3C[C@H]2CC1=O. The van der Waals surface area contributed by atoms with Gasteiger partial charge in [-0.3, -0.25) is 19.2 Å². The Morgan fingerprint density at radius 3 is 2.49 bits per heavy atom. The molecule has 2 aromatic carbocycles. The first kappa shape index (κ1) is 28.6. The Balaban J connectivity index is 1.49. The molecule has 0 bridgehead atoms. The monoisotopic (exact) mass is 592 g/mol. The van der Waals surface area contributed by atoms with Crippen LogP contribution < -0.4 is 11.1 Å². The predicted octanol–water partition coefficient (Wildman–Crippen LogP) is 2.03. The summed E-state index contributed by atoms with van der Waals surface area (Å²) in [5.41, 5.74) is 2.97. The molecule has 7 N–H and O–H groups in total. The van der Waals surface area contributed by atoms with Crippen molar-refractivity contribution >= 4 is 29.1 Å². The molecule has 43 heavy (non-hydrogen) atoms. The molecule has 1 saturated heterocycles. The van der Waals surface area contributed by atoms with E-state index in [0.717, 1.165) is 6.42 Å². The lowest BCUT2D eigenvalue weighted by atomic mass is 9.59. The molecule has 1 unspecified atom stereocenters. The Bertz CT molecular complexity index is 1660. The number of phenols is 1. The van der Waals surface area contributed by atoms with Gasteiger partial charge >= 0.3 is 0 Å². The highest BCUT2D eigenvalue weighted by molar-refractivity contribution is 6.22. The topological polar surface area (TPSA) is 196 Å². The van der Waals surface area contributed by atoms with E-state index >= 15 is 0 Å². The molecule has 4 atom stereocenters. The average molecular weight is 593 g/mol. The van der Waals surface area contributed by atoms with E-state index in [9.17, 15) is 44.0 Å². The van der Waals surface area contributed by atoms with Gasteiger partial charge in [0, 0.05) is 36.6 Å². The highest BCUT2D eigenvalue weighted by Crippen LogP contribution is 2.53. The van der Waals surface area contributed by atoms with Crippen molar-refractivity contribution in [3.8, 4) is 16.9 Å². The minimum absolute atomic E-state index is 0.0221. The molecule has 4 aliphatic rings. The van der Waals surface area contributed by atoms with E-state index in [1.807, 2.05) is 0 Å². The van der Waals surface area contributed by atoms with Crippen LogP contribution in [0.3, 0.4) is 0 Å². The van der Waals surface area contributed by atoms with E-state index in [-0.39, 0.29) is 42.0 Å². The fraction of sp³-hybridized carbons (Fsp3) is 0.355. The van der Waals surface area contributed by atoms with Gasteiger partial charge in [0.2, 0.25) is 11.7 Å². The molecular weight excluding hydrogens is 563 g/mol. The summed E-state index contributed by atoms with van der Waals surface area (Å²) in [7, 11) is 0. The Morgan fingerprint density at radius 2 is 1.84 bits per heavy atom. The van der Waals surface area contributed by atoms with Crippen molar-refractivity contribution in [2.24, 2.45) is 17.6 Å². The maximum Gasteiger partial charge on any atom is 0.255 e. The Hall–Kier alpha value is -4.55. The van der Waals surface area contributed by atoms with Crippen LogP contribution in [0, 0.1) is 17.7 Å². The van der Waals surface area contributed by atoms with E-state index in [1.165, 1.54) is 24.3 Å². The molecule has 3 aliphatic carbocycles. The molecule has 1 aliphatic heterocycles. The maximum absolute atomic E-state index is 13.9. The molecule has 224 valence electrons. The number of fused-ring (bicyclic) bond motifs is 3. The maximum atomic E-state index is 13.9. The number of carbonyl (C=O) groups excluding carboxylic acids is 4. The molecule has 1 heterocycles. The van der Waals surface area contributed by atoms with Gasteiger partial charge in [-0.15, -0.1) is 0 Å². The van der Waals surface area contributed by atoms with Crippen molar-refractivity contribution in [1.82, 2.24) is 5.32 Å². The van der Waals surface area contributed by atoms with Gasteiger partial charge in [-0.2, -0.15) is 0 Å². The van der Waals surface area contributed by atoms with Crippen molar-refractivity contribution in [1.29, 1.82) is 0 Å². The molecule has 11 nitrogen and oxygen atoms in total. The summed E-state index contributed by atoms with van der Waals surface area (Å²) in [6.07, 6.45) is 0.285. The van der Waals surface area contributed by atoms with Gasteiger partial charge in [-0.25, -0.2) is 4.39 Å². The number of aliphatic hydroxyl groups excluding tert-OH is 2. The summed E-state index contributed by atoms with van der Waals surface area (Å²) in [6.45, 7) is 0.298. The molecular formula is C31H29FN2O9. The van der Waals surface area contributed by atoms with E-state index in [0.29, 0.717) is 29.7 Å². The number of ketones is 2. The first-order valence-corrected chi connectivity index (χ1v) is 13.9. The number of nitrogens with one attached hydrogen (secondary N) is 1. The summed E-state index contributed by atoms with van der Waals surface area (Å²) in [5, 5.41) is 48.0. The number of nitrogens with two attached hydrogens (primary N) is 1. The lowest BCUT2D eigenvalue weighted by molar-refractivity contribution is -0.147. The summed E-state index contributed by atoms with van der Waals surface area (Å²) in [6, 6.07) is 7.16. The molecule has 12 heteroatoms. The van der Waals surface area contributed by atoms with Crippen molar-refractivity contribution in [2.75, 3.05) is 6.61 Å². The van der Waals surface area contributed by atoms with Gasteiger partial charge < -0.3 is 36.2 Å². The van der Waals surface area contributed by atoms with Crippen LogP contribution in [-0.2, 0) is 36.9 Å². The minimum atomic E-state index is -2.68. The zero-order chi connectivity index (χ0) is 30.8. The molecule has 6 rings (SSSR count). The fourth-order valence-electron chi connectivity index (χ4n) is 6.85. The molecule has 2 fully saturated rings. The van der Waals surface area contributed by atoms with Crippen LogP contribution in [0.25, 0.3) is 16.9 Å². The van der Waals surface area contributed by atoms with Crippen LogP contribution in [0.2, 0.25) is 0 Å². The van der Waals surface area contributed by atoms with E-state index in [4.69, 9.17) is 10.5 Å². The Labute approximate surface area is 244 Å². The fourth-order valence-corrected chi connectivity index (χ4v) is 6.85. The minimum Gasteiger partial charge on any atom is -0.508 e. The number of hydrogen-bond acceptors (Lipinski definition) is 9. The molecule has 0 radical (unpaired) electrons. The number of phenolic OH excluding ortho intramolecular Hbond substituents is 1. The number of halogens is 1. The Morgan fingerprint density at radius 1 is 1.12 bits per heavy atom. The predicted molar refractivity (Wildman–Crippen MR) is 148 cm³/mol. The van der Waals surface area contributed by atoms with Gasteiger partial charge in [0.05, 0.1) is 5.56 Å². The zero-order valence-corrected chi connectivity index (χ0v) is 22.9. The van der Waals surface area contributed by atoms with Crippen LogP contribution in [0.1, 0.15) is 42.4 Å². The van der Waals surface area contributed by atoms with Crippen LogP contribution in [-0.4, -0.2) is 62.1 Å². The largest absolute Gasteiger partial charge is 0.508 e. The number of aliphatic hydroxyl groups is 3. The number of amides is 2. The molecule has 0 spiro atoms. The van der Waals surface area contributed by atoms with Gasteiger partial charge in [-0.1, -0.05) is 12.1 Å². The van der Waals surface area contributed by atoms with Gasteiger partial charge in [0.1, 0.15) is 34.8 Å². The molecule has 1 saturated carbocycles. The zero-order valence-electron chi connectivity index (χ0n) is 22.9. The van der Waals surface area contributed by atoms with Gasteiger partial charge in [0.15, 0.2) is 11.4 Å². The smallest absolute Gasteiger partial charge is 0.255 e. The van der Waals surface area contributed by atoms with Gasteiger partial charge in [-0.05, 0) is 66.5 Å². The van der Waals surface area contributed by atoms with Crippen molar-refractivity contribution < 1.29 is 48.7 Å². The second-order valence-corrected chi connectivity index (χ2v) is 11.4. The molecule has 2 amide bonds. The highest BCUT2D eigenvalue weighted by Gasteiger charge is 2.60. The number of carbonyl (C=O) groups is 4. The number of Topliss-reactive ketones (excluding diaryl/α,β-unsaturated/α-hetero) is 2. The number of rotatable bonds is 5. The number of benzene rings is 2. The Kier molecular flexibility index (Phi) is 6.85. The lowest BCUT2D eigenvalue weighted by Crippen LogP contribution is -2.58. The standard InChI is InChI=1S/C31H29FN2O9/c32-17-5-3-13(4-6-17)18-10-15(12-34-30(41)21-2-1-7-43-21)25(36)23-19(18)9-14-8-16-11-20(35)24(29(33)40)28(39)31(16,42)27(38)22(14)26(23)37/h3-6,10,14,16,21,36-37,39,42H,1-2,7-9,11-12H2,(H2,33,40)(H,34,41)/t14-,16+,21?,31+/m1/s1. The molecule has 0 aromatic heterocycles. The van der Waals surface area contributed by atoms with Crippen LogP contribution in [0.15, 0.2) is 47.2 Å². The molecule has 2 aromatic rings. The second kappa shape index (κ2) is 10.3. The highest BCUT2D eigenvalue weighted by atomic mass is 19.1. The van der Waals surface area contributed by atoms with Gasteiger partial charge in [0.25, 0.3) is 5.91 Å². The van der Waals surface area contributed by atoms with Crippen LogP contribution in [0.4, 0.5) is 4.39 Å². The summed E-state index contributed by atoms with van der Waals surface area (Å²) in [5.74, 6) is -8.13. The quantitative estimate of drug-likeness (QED) is 0.281. The number of hydrogen-bond donors (Lipinski definition) is 6. The average Bonchev–Trinajstić information content (AvgIpc) is 3.50. The van der Waals surface area contributed by atoms with Crippen molar-refractivity contribution in [2.45, 2.75) is 50.4 Å². The van der Waals surface area contributed by atoms with E-state index in [1.54, 1.807) is 6.07 Å². The van der Waals surface area contributed by atoms with Crippen LogP contribution in [0.5, 0.6) is 5.75 Å². The number of ether oxygens (including phenoxy) is 1. The normalized spacial score (nSPS) is 26.6. The second-order valence-electron chi connectivity index (χ2n) is 11.4. The number of primary amides is 1. The third kappa shape index (κ3) is 4.40. The first-order chi connectivity index (χ1) is 20.4. The number of aromatic hydroxyl groups is 1. The lowest BCUT2D eigenvalue weighted by Gasteiger charge is -2.46. The van der Waals surface area contributed by atoms with Crippen molar-refractivity contribution in [3.63, 3.8) is 0 Å². The summed E-state index contributed by atoms with van der Waals surface area (Å²) >= 11 is 0. The first-order valence-electron chi connectivity index (χ1n) is 13.9. The van der Waals surface area contributed by atoms with Crippen LogP contribution >= 0.6 is 0 Å². The van der Waals surface area contributed by atoms with E-state index in [2.05, 4.69) is 5.32 Å². The van der Waals surface area contributed by atoms with Crippen molar-refractivity contribution in [3.05, 3.63) is 69.7 Å². The third-order valence-electron chi connectivity index (χ3n) is 8.97. The summed E-state index contributed by atoms with van der Waals surface area (Å²) in [4.78, 5) is 51.0. The van der Waals surface area contributed by atoms with E-state index < -0.39 is 76.1 Å². The third-order valence-corrected chi connectivity index (χ3v) is 8.97. The summed E-state index contributed by atoms with van der Waals surface area (Å²) < 4.78 is 19.2.